The standard InChI is InChI=1S/C39H42BrN9O6/c1-22(50)35-28-14-25(27-17-41-23(2)42-18-27)9-11-30(28)48(47-35)19-34(52)49-31-15-39(16-32(39)49)21-43-37(53)29(44-24(3)51)8-6-4-5-7-13-55-20-26-10-12-33(40)45-36(26)46-38(31)54/h4,6,9-12,14,17-18,29,31-32H,5,7-8,13,15-16,19-21H2,1-3H3,(H,43,53)(H,44,51)(H,45,46,54)/b6-4+/t29-,31-,32+,39-/m0/s1. The smallest absolute Gasteiger partial charge is 0.248 e. The fraction of sp³-hybridized carbons (Fsp3) is 0.410. The van der Waals surface area contributed by atoms with Crippen molar-refractivity contribution < 1.29 is 28.7 Å². The lowest BCUT2D eigenvalue weighted by atomic mass is 9.98. The lowest BCUT2D eigenvalue weighted by Gasteiger charge is -2.27. The van der Waals surface area contributed by atoms with Crippen LogP contribution >= 0.6 is 15.9 Å². The maximum atomic E-state index is 14.5. The van der Waals surface area contributed by atoms with Crippen LogP contribution in [0.25, 0.3) is 22.0 Å². The van der Waals surface area contributed by atoms with Gasteiger partial charge in [0.05, 0.1) is 12.1 Å². The van der Waals surface area contributed by atoms with Gasteiger partial charge in [-0.1, -0.05) is 24.3 Å². The number of nitrogens with zero attached hydrogens (tertiary/aromatic N) is 6. The first-order chi connectivity index (χ1) is 26.4. The van der Waals surface area contributed by atoms with E-state index in [4.69, 9.17) is 4.74 Å². The van der Waals surface area contributed by atoms with E-state index in [-0.39, 0.29) is 54.9 Å². The molecule has 3 N–H and O–H groups in total. The Hall–Kier alpha value is -5.35. The van der Waals surface area contributed by atoms with Crippen LogP contribution < -0.4 is 16.0 Å². The van der Waals surface area contributed by atoms with Crippen molar-refractivity contribution in [1.82, 2.24) is 40.3 Å². The number of likely N-dealkylation sites (tertiary alicyclic amines) is 1. The quantitative estimate of drug-likeness (QED) is 0.151. The zero-order chi connectivity index (χ0) is 38.9. The summed E-state index contributed by atoms with van der Waals surface area (Å²) in [7, 11) is 0. The van der Waals surface area contributed by atoms with Crippen LogP contribution in [0.4, 0.5) is 5.82 Å². The van der Waals surface area contributed by atoms with Crippen LogP contribution in [0.2, 0.25) is 0 Å². The van der Waals surface area contributed by atoms with Gasteiger partial charge in [-0.15, -0.1) is 0 Å². The second-order valence-electron chi connectivity index (χ2n) is 14.4. The molecule has 286 valence electrons. The fourth-order valence-corrected chi connectivity index (χ4v) is 7.86. The van der Waals surface area contributed by atoms with E-state index in [1.165, 1.54) is 18.5 Å². The number of benzene rings is 1. The molecule has 1 aliphatic carbocycles. The summed E-state index contributed by atoms with van der Waals surface area (Å²) in [6.07, 6.45) is 9.89. The minimum absolute atomic E-state index is 0.211. The molecule has 55 heavy (non-hydrogen) atoms. The maximum absolute atomic E-state index is 14.5. The first kappa shape index (κ1) is 37.9. The number of hydrogen-bond acceptors (Lipinski definition) is 10. The Labute approximate surface area is 325 Å². The molecule has 1 spiro atoms. The third kappa shape index (κ3) is 8.20. The van der Waals surface area contributed by atoms with Gasteiger partial charge in [-0.3, -0.25) is 28.7 Å². The van der Waals surface area contributed by atoms with Crippen LogP contribution in [-0.2, 0) is 37.1 Å². The van der Waals surface area contributed by atoms with Gasteiger partial charge in [0.15, 0.2) is 5.78 Å². The van der Waals surface area contributed by atoms with E-state index < -0.39 is 23.4 Å². The Balaban J connectivity index is 1.19. The molecule has 0 unspecified atom stereocenters. The number of pyridine rings is 1. The van der Waals surface area contributed by atoms with E-state index in [2.05, 4.69) is 51.9 Å². The zero-order valence-electron chi connectivity index (χ0n) is 30.8. The summed E-state index contributed by atoms with van der Waals surface area (Å²) < 4.78 is 7.95. The van der Waals surface area contributed by atoms with Crippen molar-refractivity contribution in [1.29, 1.82) is 0 Å². The molecule has 1 saturated heterocycles. The van der Waals surface area contributed by atoms with Crippen LogP contribution in [0.5, 0.6) is 0 Å². The highest BCUT2D eigenvalue weighted by molar-refractivity contribution is 9.10. The van der Waals surface area contributed by atoms with Crippen LogP contribution in [0, 0.1) is 12.3 Å². The third-order valence-corrected chi connectivity index (χ3v) is 10.9. The number of allylic oxidation sites excluding steroid dienone is 1. The number of nitrogens with one attached hydrogen (secondary N) is 3. The lowest BCUT2D eigenvalue weighted by Crippen LogP contribution is -2.47. The maximum Gasteiger partial charge on any atom is 0.248 e. The largest absolute Gasteiger partial charge is 0.377 e. The van der Waals surface area contributed by atoms with Crippen LogP contribution in [0.3, 0.4) is 0 Å². The van der Waals surface area contributed by atoms with E-state index >= 15 is 0 Å². The molecule has 15 nitrogen and oxygen atoms in total. The molecule has 4 atom stereocenters. The van der Waals surface area contributed by atoms with Gasteiger partial charge < -0.3 is 25.6 Å². The number of piperidine rings is 1. The highest BCUT2D eigenvalue weighted by Crippen LogP contribution is 2.59. The Kier molecular flexibility index (Phi) is 10.9. The Morgan fingerprint density at radius 1 is 1.04 bits per heavy atom. The molecule has 0 radical (unpaired) electrons. The predicted molar refractivity (Wildman–Crippen MR) is 205 cm³/mol. The number of Topliss-reactive ketones (excluding diaryl/α,β-unsaturated/α-hetero) is 1. The average Bonchev–Trinajstić information content (AvgIpc) is 3.57. The van der Waals surface area contributed by atoms with Gasteiger partial charge in [-0.2, -0.15) is 5.10 Å². The van der Waals surface area contributed by atoms with Gasteiger partial charge in [0.25, 0.3) is 0 Å². The van der Waals surface area contributed by atoms with Gasteiger partial charge in [-0.25, -0.2) is 15.0 Å². The summed E-state index contributed by atoms with van der Waals surface area (Å²) in [6, 6.07) is 7.10. The van der Waals surface area contributed by atoms with Crippen molar-refractivity contribution in [3.63, 3.8) is 0 Å². The molecular formula is C39H42BrN9O6. The van der Waals surface area contributed by atoms with Crippen molar-refractivity contribution in [2.45, 2.75) is 84.2 Å². The molecule has 3 aliphatic rings. The van der Waals surface area contributed by atoms with Gasteiger partial charge in [0.2, 0.25) is 23.6 Å². The average molecular weight is 813 g/mol. The first-order valence-electron chi connectivity index (χ1n) is 18.3. The number of anilines is 1. The molecule has 7 rings (SSSR count). The van der Waals surface area contributed by atoms with Crippen molar-refractivity contribution in [3.05, 3.63) is 76.6 Å². The Morgan fingerprint density at radius 2 is 1.84 bits per heavy atom. The first-order valence-corrected chi connectivity index (χ1v) is 19.1. The minimum atomic E-state index is -0.892. The highest BCUT2D eigenvalue weighted by Gasteiger charge is 2.67. The van der Waals surface area contributed by atoms with E-state index in [0.29, 0.717) is 58.6 Å². The lowest BCUT2D eigenvalue weighted by molar-refractivity contribution is -0.138. The van der Waals surface area contributed by atoms with Crippen molar-refractivity contribution in [2.24, 2.45) is 5.41 Å². The van der Waals surface area contributed by atoms with Crippen LogP contribution in [0.1, 0.15) is 67.8 Å². The number of fused-ring (bicyclic) bond motifs is 3. The summed E-state index contributed by atoms with van der Waals surface area (Å²) in [5.41, 5.74) is 2.48. The number of ketones is 1. The number of aryl methyl sites for hydroxylation is 1. The molecule has 4 aromatic rings. The van der Waals surface area contributed by atoms with Crippen LogP contribution in [0.15, 0.2) is 59.5 Å². The number of ether oxygens (including phenoxy) is 1. The minimum Gasteiger partial charge on any atom is -0.377 e. The molecule has 2 fully saturated rings. The number of rotatable bonds is 5. The number of carbonyl (C=O) groups excluding carboxylic acids is 5. The van der Waals surface area contributed by atoms with E-state index in [9.17, 15) is 24.0 Å². The molecule has 2 aliphatic heterocycles. The molecule has 2 bridgehead atoms. The van der Waals surface area contributed by atoms with Crippen molar-refractivity contribution >= 4 is 62.1 Å². The van der Waals surface area contributed by atoms with Crippen LogP contribution in [-0.4, -0.2) is 90.3 Å². The molecule has 3 aromatic heterocycles. The van der Waals surface area contributed by atoms with Gasteiger partial charge in [0, 0.05) is 67.4 Å². The third-order valence-electron chi connectivity index (χ3n) is 10.4. The molecule has 4 amide bonds. The normalized spacial score (nSPS) is 23.6. The topological polar surface area (TPSA) is 190 Å². The zero-order valence-corrected chi connectivity index (χ0v) is 32.4. The second-order valence-corrected chi connectivity index (χ2v) is 15.2. The number of carbonyl (C=O) groups is 5. The summed E-state index contributed by atoms with van der Waals surface area (Å²) in [6.45, 7) is 5.24. The Bertz CT molecular complexity index is 2210. The predicted octanol–water partition coefficient (Wildman–Crippen LogP) is 4.04. The van der Waals surface area contributed by atoms with E-state index in [1.807, 2.05) is 36.4 Å². The number of hydrogen-bond donors (Lipinski definition) is 3. The molecule has 16 heteroatoms. The summed E-state index contributed by atoms with van der Waals surface area (Å²) in [4.78, 5) is 81.6. The van der Waals surface area contributed by atoms with E-state index in [0.717, 1.165) is 24.0 Å². The summed E-state index contributed by atoms with van der Waals surface area (Å²) in [5, 5.41) is 13.9. The molecule has 5 heterocycles. The van der Waals surface area contributed by atoms with Gasteiger partial charge in [0.1, 0.15) is 40.6 Å². The monoisotopic (exact) mass is 811 g/mol. The van der Waals surface area contributed by atoms with Crippen molar-refractivity contribution in [2.75, 3.05) is 18.5 Å². The molecular weight excluding hydrogens is 770 g/mol. The fourth-order valence-electron chi connectivity index (χ4n) is 7.55. The number of halogens is 1. The second kappa shape index (κ2) is 15.8. The number of amides is 4. The Morgan fingerprint density at radius 3 is 2.60 bits per heavy atom. The molecule has 1 saturated carbocycles. The van der Waals surface area contributed by atoms with Crippen molar-refractivity contribution in [3.8, 4) is 11.1 Å². The SMILES string of the molecule is CC(=O)N[C@H]1C/C=C/CCCOCc2ccc(Br)nc2NC(=O)[C@@H]2C[C@@]3(CNC1=O)C[C@H]3N2C(=O)Cn1nc(C(C)=O)c2cc(-c3cnc(C)nc3)ccc21. The summed E-state index contributed by atoms with van der Waals surface area (Å²) in [5.74, 6) is -0.746. The number of aromatic nitrogens is 5. The summed E-state index contributed by atoms with van der Waals surface area (Å²) >= 11 is 3.41. The van der Waals surface area contributed by atoms with Gasteiger partial charge >= 0.3 is 0 Å². The van der Waals surface area contributed by atoms with Gasteiger partial charge in [-0.05, 0) is 78.7 Å². The molecule has 1 aromatic carbocycles. The van der Waals surface area contributed by atoms with E-state index in [1.54, 1.807) is 30.3 Å². The highest BCUT2D eigenvalue weighted by atomic mass is 79.9.